The largest absolute Gasteiger partial charge is 0.416 e. The van der Waals surface area contributed by atoms with Crippen molar-refractivity contribution in [3.63, 3.8) is 0 Å². The van der Waals surface area contributed by atoms with Gasteiger partial charge < -0.3 is 15.2 Å². The van der Waals surface area contributed by atoms with Gasteiger partial charge in [0.1, 0.15) is 5.49 Å². The minimum Gasteiger partial charge on any atom is -0.373 e. The van der Waals surface area contributed by atoms with Crippen molar-refractivity contribution < 1.29 is 18.0 Å². The molecule has 36 heavy (non-hydrogen) atoms. The van der Waals surface area contributed by atoms with Gasteiger partial charge in [-0.1, -0.05) is 25.1 Å². The van der Waals surface area contributed by atoms with Crippen LogP contribution in [0.15, 0.2) is 65.8 Å². The zero-order valence-corrected chi connectivity index (χ0v) is 19.8. The van der Waals surface area contributed by atoms with Crippen LogP contribution in [0.2, 0.25) is 0 Å². The van der Waals surface area contributed by atoms with E-state index in [1.807, 2.05) is 6.20 Å². The number of aromatic amines is 1. The Balaban J connectivity index is 1.32. The van der Waals surface area contributed by atoms with Gasteiger partial charge in [0, 0.05) is 53.3 Å². The topological polar surface area (TPSA) is 60.5 Å². The molecule has 3 aromatic rings. The fourth-order valence-electron chi connectivity index (χ4n) is 5.82. The maximum atomic E-state index is 13.8. The van der Waals surface area contributed by atoms with E-state index in [1.165, 1.54) is 11.8 Å². The first kappa shape index (κ1) is 22.9. The molecule has 1 saturated carbocycles. The second kappa shape index (κ2) is 8.54. The number of fused-ring (bicyclic) bond motifs is 2. The molecular formula is C28H27F3N4O. The molecule has 8 heteroatoms. The summed E-state index contributed by atoms with van der Waals surface area (Å²) in [5.41, 5.74) is 2.60. The molecule has 2 N–H and O–H groups in total. The maximum absolute atomic E-state index is 13.8. The molecule has 4 atom stereocenters. The van der Waals surface area contributed by atoms with Gasteiger partial charge in [0.25, 0.3) is 5.91 Å². The van der Waals surface area contributed by atoms with Crippen LogP contribution >= 0.6 is 0 Å². The number of benzene rings is 2. The average molecular weight is 493 g/mol. The smallest absolute Gasteiger partial charge is 0.373 e. The number of nitrogens with one attached hydrogen (secondary N) is 2. The van der Waals surface area contributed by atoms with Crippen molar-refractivity contribution in [1.29, 1.82) is 0 Å². The van der Waals surface area contributed by atoms with Crippen molar-refractivity contribution in [2.75, 3.05) is 18.4 Å². The molecule has 0 radical (unpaired) electrons. The Labute approximate surface area is 206 Å². The number of alkyl halides is 3. The van der Waals surface area contributed by atoms with E-state index >= 15 is 0 Å². The van der Waals surface area contributed by atoms with E-state index in [1.54, 1.807) is 36.4 Å². The Morgan fingerprint density at radius 3 is 2.72 bits per heavy atom. The molecule has 1 amide bonds. The first-order valence-electron chi connectivity index (χ1n) is 12.4. The number of likely N-dealkylation sites (tertiary alicyclic amines) is 1. The Hall–Kier alpha value is -3.55. The molecule has 2 aliphatic heterocycles. The lowest BCUT2D eigenvalue weighted by molar-refractivity contribution is -0.137. The second-order valence-electron chi connectivity index (χ2n) is 10.1. The Morgan fingerprint density at radius 1 is 1.14 bits per heavy atom. The molecular weight excluding hydrogens is 465 g/mol. The lowest BCUT2D eigenvalue weighted by Crippen LogP contribution is -2.41. The highest BCUT2D eigenvalue weighted by atomic mass is 19.4. The minimum atomic E-state index is -4.51. The molecule has 1 aliphatic carbocycles. The summed E-state index contributed by atoms with van der Waals surface area (Å²) in [6.45, 7) is 3.73. The Kier molecular flexibility index (Phi) is 5.43. The zero-order chi connectivity index (χ0) is 25.0. The highest BCUT2D eigenvalue weighted by Crippen LogP contribution is 2.49. The second-order valence-corrected chi connectivity index (χ2v) is 10.1. The predicted octanol–water partition coefficient (Wildman–Crippen LogP) is 4.54. The number of aromatic nitrogens is 1. The fraction of sp³-hybridized carbons (Fsp3) is 0.357. The van der Waals surface area contributed by atoms with Crippen LogP contribution in [0, 0.1) is 11.8 Å². The van der Waals surface area contributed by atoms with Gasteiger partial charge in [-0.05, 0) is 60.7 Å². The lowest BCUT2D eigenvalue weighted by atomic mass is 9.88. The van der Waals surface area contributed by atoms with Crippen LogP contribution in [-0.2, 0) is 6.18 Å². The molecule has 5 nitrogen and oxygen atoms in total. The number of hydrogen-bond acceptors (Lipinski definition) is 3. The normalized spacial score (nSPS) is 25.0. The highest BCUT2D eigenvalue weighted by molar-refractivity contribution is 6.04. The van der Waals surface area contributed by atoms with E-state index in [0.717, 1.165) is 36.2 Å². The summed E-state index contributed by atoms with van der Waals surface area (Å²) < 4.78 is 41.5. The van der Waals surface area contributed by atoms with Crippen LogP contribution in [0.25, 0.3) is 5.70 Å². The van der Waals surface area contributed by atoms with E-state index in [9.17, 15) is 18.0 Å². The molecule has 4 unspecified atom stereocenters. The van der Waals surface area contributed by atoms with Crippen molar-refractivity contribution >= 4 is 17.3 Å². The maximum Gasteiger partial charge on any atom is 0.416 e. The summed E-state index contributed by atoms with van der Waals surface area (Å²) >= 11 is 0. The quantitative estimate of drug-likeness (QED) is 0.562. The van der Waals surface area contributed by atoms with Crippen LogP contribution < -0.4 is 16.0 Å². The summed E-state index contributed by atoms with van der Waals surface area (Å²) in [4.78, 5) is 23.1. The number of nitrogens with zero attached hydrogens (tertiary/aromatic N) is 2. The fourth-order valence-corrected chi connectivity index (χ4v) is 5.82. The summed E-state index contributed by atoms with van der Waals surface area (Å²) in [7, 11) is 0. The van der Waals surface area contributed by atoms with Crippen molar-refractivity contribution in [3.8, 4) is 0 Å². The lowest BCUT2D eigenvalue weighted by Gasteiger charge is -2.37. The molecule has 3 aliphatic rings. The number of rotatable bonds is 4. The van der Waals surface area contributed by atoms with Gasteiger partial charge in [-0.3, -0.25) is 9.79 Å². The molecule has 0 spiro atoms. The van der Waals surface area contributed by atoms with E-state index in [0.29, 0.717) is 29.5 Å². The van der Waals surface area contributed by atoms with Crippen LogP contribution in [0.5, 0.6) is 0 Å². The first-order valence-corrected chi connectivity index (χ1v) is 12.4. The van der Waals surface area contributed by atoms with Crippen LogP contribution in [-0.4, -0.2) is 34.9 Å². The number of amides is 1. The predicted molar refractivity (Wildman–Crippen MR) is 131 cm³/mol. The molecule has 6 rings (SSSR count). The number of H-pyrrole nitrogens is 1. The van der Waals surface area contributed by atoms with E-state index in [2.05, 4.69) is 28.2 Å². The summed E-state index contributed by atoms with van der Waals surface area (Å²) in [5.74, 6) is 0.333. The van der Waals surface area contributed by atoms with Crippen molar-refractivity contribution in [2.24, 2.45) is 16.8 Å². The van der Waals surface area contributed by atoms with Crippen LogP contribution in [0.3, 0.4) is 0 Å². The summed E-state index contributed by atoms with van der Waals surface area (Å²) in [5, 5.41) is 3.79. The Morgan fingerprint density at radius 2 is 1.94 bits per heavy atom. The van der Waals surface area contributed by atoms with Gasteiger partial charge in [-0.15, -0.1) is 0 Å². The van der Waals surface area contributed by atoms with E-state index < -0.39 is 17.6 Å². The third-order valence-corrected chi connectivity index (χ3v) is 7.74. The number of piperidine rings is 1. The van der Waals surface area contributed by atoms with Crippen LogP contribution in [0.1, 0.15) is 47.2 Å². The molecule has 0 bridgehead atoms. The van der Waals surface area contributed by atoms with E-state index in [-0.39, 0.29) is 17.6 Å². The van der Waals surface area contributed by atoms with Gasteiger partial charge in [-0.2, -0.15) is 13.2 Å². The van der Waals surface area contributed by atoms with Gasteiger partial charge in [-0.25, -0.2) is 0 Å². The van der Waals surface area contributed by atoms with Crippen molar-refractivity contribution in [1.82, 2.24) is 9.88 Å². The molecule has 2 fully saturated rings. The minimum absolute atomic E-state index is 0.0744. The molecule has 186 valence electrons. The average Bonchev–Trinajstić information content (AvgIpc) is 3.27. The third-order valence-electron chi connectivity index (χ3n) is 7.74. The number of anilines is 1. The molecule has 2 aromatic carbocycles. The van der Waals surface area contributed by atoms with Gasteiger partial charge in [0.15, 0.2) is 0 Å². The highest BCUT2D eigenvalue weighted by Gasteiger charge is 2.52. The van der Waals surface area contributed by atoms with Crippen LogP contribution in [0.4, 0.5) is 18.9 Å². The number of carbonyl (C=O) groups excluding carboxylic acids is 1. The van der Waals surface area contributed by atoms with Crippen molar-refractivity contribution in [2.45, 2.75) is 37.9 Å². The first-order chi connectivity index (χ1) is 17.3. The standard InChI is InChI=1S/C28H27F3N4O/c1-16-23-24(16)34-26-22(9-10-32-26)25(23)35-11-5-8-18(15-35)19-12-20(28(29,30)31)14-21(13-19)33-27(36)17-6-3-2-4-7-17/h2-4,6-7,9-10,12-14,16,18,23-24H,5,8,11,15H2,1H3,(H,32,34)(H,33,36). The van der Waals surface area contributed by atoms with E-state index in [4.69, 9.17) is 4.99 Å². The van der Waals surface area contributed by atoms with Gasteiger partial charge in [0.2, 0.25) is 0 Å². The number of carbonyl (C=O) groups is 1. The SMILES string of the molecule is CC1C2N=c3[nH]ccc3=C(N3CCCC(c4cc(NC(=O)c5ccccc5)cc(C(F)(F)F)c4)C3)C12. The molecule has 1 saturated heterocycles. The van der Waals surface area contributed by atoms with Gasteiger partial charge in [0.05, 0.1) is 11.6 Å². The van der Waals surface area contributed by atoms with Crippen molar-refractivity contribution in [3.05, 3.63) is 88.2 Å². The zero-order valence-electron chi connectivity index (χ0n) is 19.8. The Bertz CT molecular complexity index is 1430. The number of halogens is 3. The molecule has 1 aromatic heterocycles. The third kappa shape index (κ3) is 4.08. The molecule has 3 heterocycles. The van der Waals surface area contributed by atoms with Gasteiger partial charge >= 0.3 is 6.18 Å². The monoisotopic (exact) mass is 492 g/mol. The summed E-state index contributed by atoms with van der Waals surface area (Å²) in [6.07, 6.45) is -0.920. The number of hydrogen-bond donors (Lipinski definition) is 2. The summed E-state index contributed by atoms with van der Waals surface area (Å²) in [6, 6.07) is 14.8.